The van der Waals surface area contributed by atoms with Gasteiger partial charge in [-0.15, -0.1) is 0 Å². The Kier molecular flexibility index (Phi) is 2.54. The minimum Gasteiger partial charge on any atom is -0.464 e. The van der Waals surface area contributed by atoms with Crippen molar-refractivity contribution in [3.05, 3.63) is 0 Å². The van der Waals surface area contributed by atoms with Crippen molar-refractivity contribution < 1.29 is 14.3 Å². The Morgan fingerprint density at radius 3 is 2.87 bits per heavy atom. The molecular weight excluding hydrogens is 196 g/mol. The van der Waals surface area contributed by atoms with E-state index in [0.717, 1.165) is 6.42 Å². The second-order valence-corrected chi connectivity index (χ2v) is 4.06. The fourth-order valence-corrected chi connectivity index (χ4v) is 2.35. The molecule has 0 radical (unpaired) electrons. The van der Waals surface area contributed by atoms with Gasteiger partial charge in [0.25, 0.3) is 0 Å². The van der Waals surface area contributed by atoms with Crippen LogP contribution in [0.25, 0.3) is 0 Å². The number of carbonyl (C=O) groups is 2. The predicted octanol–water partition coefficient (Wildman–Crippen LogP) is 0.209. The maximum Gasteiger partial charge on any atom is 0.329 e. The first-order valence-electron chi connectivity index (χ1n) is 5.34. The summed E-state index contributed by atoms with van der Waals surface area (Å²) in [5.41, 5.74) is 0. The van der Waals surface area contributed by atoms with Crippen LogP contribution in [0.3, 0.4) is 0 Å². The molecule has 1 heterocycles. The molecule has 2 amide bonds. The van der Waals surface area contributed by atoms with E-state index in [1.165, 1.54) is 0 Å². The monoisotopic (exact) mass is 212 g/mol. The van der Waals surface area contributed by atoms with Crippen LogP contribution in [0, 0.1) is 11.8 Å². The lowest BCUT2D eigenvalue weighted by atomic mass is 10.2. The molecule has 15 heavy (non-hydrogen) atoms. The van der Waals surface area contributed by atoms with Crippen molar-refractivity contribution in [2.75, 3.05) is 20.2 Å². The zero-order valence-electron chi connectivity index (χ0n) is 9.03. The lowest BCUT2D eigenvalue weighted by Crippen LogP contribution is -2.47. The molecule has 0 aromatic rings. The standard InChI is InChI=1S/C10H16N2O3/c1-3-15-9(13)8-7-4-6(7)5-12(8)10(14)11-2/h6-8H,3-5H2,1-2H3,(H,11,14)/t6-,7-,8?/m1/s1. The van der Waals surface area contributed by atoms with E-state index >= 15 is 0 Å². The Balaban J connectivity index is 2.06. The number of amides is 2. The SMILES string of the molecule is CCOC(=O)C1[C@@H]2C[C@@H]2CN1C(=O)NC. The molecule has 0 aromatic carbocycles. The van der Waals surface area contributed by atoms with E-state index in [2.05, 4.69) is 5.32 Å². The molecule has 1 unspecified atom stereocenters. The van der Waals surface area contributed by atoms with Crippen LogP contribution in [0.15, 0.2) is 0 Å². The fraction of sp³-hybridized carbons (Fsp3) is 0.800. The van der Waals surface area contributed by atoms with E-state index in [-0.39, 0.29) is 18.0 Å². The highest BCUT2D eigenvalue weighted by molar-refractivity contribution is 5.85. The van der Waals surface area contributed by atoms with Gasteiger partial charge in [0.05, 0.1) is 6.61 Å². The molecule has 1 aliphatic carbocycles. The summed E-state index contributed by atoms with van der Waals surface area (Å²) in [6.07, 6.45) is 1.05. The third-order valence-corrected chi connectivity index (χ3v) is 3.15. The molecule has 1 saturated carbocycles. The zero-order chi connectivity index (χ0) is 11.0. The third-order valence-electron chi connectivity index (χ3n) is 3.15. The first kappa shape index (κ1) is 10.3. The minimum atomic E-state index is -0.352. The number of hydrogen-bond acceptors (Lipinski definition) is 3. The summed E-state index contributed by atoms with van der Waals surface area (Å²) in [6, 6.07) is -0.532. The summed E-state index contributed by atoms with van der Waals surface area (Å²) in [4.78, 5) is 24.8. The number of ether oxygens (including phenoxy) is 1. The van der Waals surface area contributed by atoms with Crippen molar-refractivity contribution in [2.24, 2.45) is 11.8 Å². The van der Waals surface area contributed by atoms with E-state index in [4.69, 9.17) is 4.74 Å². The van der Waals surface area contributed by atoms with Gasteiger partial charge < -0.3 is 15.0 Å². The first-order chi connectivity index (χ1) is 7.19. The second-order valence-electron chi connectivity index (χ2n) is 4.06. The molecule has 1 N–H and O–H groups in total. The van der Waals surface area contributed by atoms with Crippen LogP contribution < -0.4 is 5.32 Å². The molecule has 1 saturated heterocycles. The van der Waals surface area contributed by atoms with Gasteiger partial charge in [-0.2, -0.15) is 0 Å². The van der Waals surface area contributed by atoms with Gasteiger partial charge in [-0.3, -0.25) is 0 Å². The van der Waals surface area contributed by atoms with E-state index in [9.17, 15) is 9.59 Å². The van der Waals surface area contributed by atoms with Crippen molar-refractivity contribution in [1.29, 1.82) is 0 Å². The second kappa shape index (κ2) is 3.72. The number of likely N-dealkylation sites (tertiary alicyclic amines) is 1. The van der Waals surface area contributed by atoms with Crippen molar-refractivity contribution in [3.63, 3.8) is 0 Å². The smallest absolute Gasteiger partial charge is 0.329 e. The summed E-state index contributed by atoms with van der Waals surface area (Å²) in [5, 5.41) is 2.55. The summed E-state index contributed by atoms with van der Waals surface area (Å²) in [6.45, 7) is 2.84. The van der Waals surface area contributed by atoms with Crippen molar-refractivity contribution in [3.8, 4) is 0 Å². The predicted molar refractivity (Wildman–Crippen MR) is 53.2 cm³/mol. The fourth-order valence-electron chi connectivity index (χ4n) is 2.35. The van der Waals surface area contributed by atoms with Crippen molar-refractivity contribution >= 4 is 12.0 Å². The Bertz CT molecular complexity index is 292. The number of rotatable bonds is 2. The largest absolute Gasteiger partial charge is 0.464 e. The maximum atomic E-state index is 11.7. The molecule has 5 nitrogen and oxygen atoms in total. The van der Waals surface area contributed by atoms with Crippen LogP contribution in [-0.2, 0) is 9.53 Å². The van der Waals surface area contributed by atoms with E-state index in [1.54, 1.807) is 18.9 Å². The van der Waals surface area contributed by atoms with Gasteiger partial charge in [-0.05, 0) is 25.2 Å². The van der Waals surface area contributed by atoms with Gasteiger partial charge >= 0.3 is 12.0 Å². The quantitative estimate of drug-likeness (QED) is 0.666. The Hall–Kier alpha value is -1.26. The van der Waals surface area contributed by atoms with Gasteiger partial charge in [-0.25, -0.2) is 9.59 Å². The maximum absolute atomic E-state index is 11.7. The number of carbonyl (C=O) groups excluding carboxylic acids is 2. The van der Waals surface area contributed by atoms with Crippen LogP contribution in [0.5, 0.6) is 0 Å². The number of hydrogen-bond donors (Lipinski definition) is 1. The van der Waals surface area contributed by atoms with Crippen LogP contribution in [-0.4, -0.2) is 43.1 Å². The van der Waals surface area contributed by atoms with Crippen LogP contribution in [0.1, 0.15) is 13.3 Å². The Morgan fingerprint density at radius 1 is 1.53 bits per heavy atom. The highest BCUT2D eigenvalue weighted by Crippen LogP contribution is 2.49. The number of piperidine rings is 1. The molecular formula is C10H16N2O3. The van der Waals surface area contributed by atoms with E-state index in [1.807, 2.05) is 0 Å². The van der Waals surface area contributed by atoms with Gasteiger partial charge in [0, 0.05) is 13.6 Å². The van der Waals surface area contributed by atoms with Gasteiger partial charge in [0.2, 0.25) is 0 Å². The van der Waals surface area contributed by atoms with E-state index < -0.39 is 0 Å². The number of fused-ring (bicyclic) bond motifs is 1. The molecule has 0 bridgehead atoms. The third kappa shape index (κ3) is 1.66. The summed E-state index contributed by atoms with van der Waals surface area (Å²) >= 11 is 0. The molecule has 2 rings (SSSR count). The molecule has 3 atom stereocenters. The van der Waals surface area contributed by atoms with Gasteiger partial charge in [0.15, 0.2) is 0 Å². The minimum absolute atomic E-state index is 0.180. The van der Waals surface area contributed by atoms with Gasteiger partial charge in [-0.1, -0.05) is 0 Å². The highest BCUT2D eigenvalue weighted by Gasteiger charge is 2.57. The average molecular weight is 212 g/mol. The molecule has 84 valence electrons. The normalized spacial score (nSPS) is 32.1. The van der Waals surface area contributed by atoms with Crippen LogP contribution >= 0.6 is 0 Å². The van der Waals surface area contributed by atoms with Crippen molar-refractivity contribution in [1.82, 2.24) is 10.2 Å². The summed E-state index contributed by atoms with van der Waals surface area (Å²) < 4.78 is 4.99. The van der Waals surface area contributed by atoms with Crippen molar-refractivity contribution in [2.45, 2.75) is 19.4 Å². The lowest BCUT2D eigenvalue weighted by molar-refractivity contribution is -0.148. The zero-order valence-corrected chi connectivity index (χ0v) is 9.03. The Morgan fingerprint density at radius 2 is 2.27 bits per heavy atom. The number of esters is 1. The number of urea groups is 1. The van der Waals surface area contributed by atoms with Gasteiger partial charge in [0.1, 0.15) is 6.04 Å². The molecule has 2 aliphatic rings. The lowest BCUT2D eigenvalue weighted by Gasteiger charge is -2.25. The summed E-state index contributed by atoms with van der Waals surface area (Å²) in [5.74, 6) is 0.587. The molecule has 5 heteroatoms. The Labute approximate surface area is 88.8 Å². The molecule has 0 aromatic heterocycles. The number of nitrogens with zero attached hydrogens (tertiary/aromatic N) is 1. The van der Waals surface area contributed by atoms with E-state index in [0.29, 0.717) is 25.0 Å². The molecule has 1 aliphatic heterocycles. The van der Waals surface area contributed by atoms with Crippen LogP contribution in [0.4, 0.5) is 4.79 Å². The molecule has 0 spiro atoms. The average Bonchev–Trinajstić information content (AvgIpc) is 2.88. The highest BCUT2D eigenvalue weighted by atomic mass is 16.5. The number of nitrogens with one attached hydrogen (secondary N) is 1. The topological polar surface area (TPSA) is 58.6 Å². The first-order valence-corrected chi connectivity index (χ1v) is 5.34. The van der Waals surface area contributed by atoms with Crippen LogP contribution in [0.2, 0.25) is 0 Å². The molecule has 2 fully saturated rings. The summed E-state index contributed by atoms with van der Waals surface area (Å²) in [7, 11) is 1.58.